The van der Waals surface area contributed by atoms with E-state index < -0.39 is 5.82 Å². The van der Waals surface area contributed by atoms with Gasteiger partial charge in [-0.3, -0.25) is 9.48 Å². The fourth-order valence-electron chi connectivity index (χ4n) is 1.85. The summed E-state index contributed by atoms with van der Waals surface area (Å²) in [5.74, 6) is -0.663. The standard InChI is InChI=1S/C13H11BrClFN2O/c1-7-9(13(15)18(2)17-7)6-11(19)8-4-3-5-10(16)12(8)14/h3-5H,6H2,1-2H3. The maximum absolute atomic E-state index is 13.4. The predicted molar refractivity (Wildman–Crippen MR) is 75.1 cm³/mol. The summed E-state index contributed by atoms with van der Waals surface area (Å²) in [6.45, 7) is 1.79. The fraction of sp³-hybridized carbons (Fsp3) is 0.231. The highest BCUT2D eigenvalue weighted by molar-refractivity contribution is 9.10. The lowest BCUT2D eigenvalue weighted by molar-refractivity contribution is 0.0991. The number of benzene rings is 1. The minimum absolute atomic E-state index is 0.0978. The Morgan fingerprint density at radius 2 is 2.21 bits per heavy atom. The van der Waals surface area contributed by atoms with Gasteiger partial charge in [0.25, 0.3) is 0 Å². The highest BCUT2D eigenvalue weighted by atomic mass is 79.9. The molecule has 0 radical (unpaired) electrons. The van der Waals surface area contributed by atoms with Gasteiger partial charge >= 0.3 is 0 Å². The highest BCUT2D eigenvalue weighted by Gasteiger charge is 2.18. The number of ketones is 1. The number of hydrogen-bond donors (Lipinski definition) is 0. The van der Waals surface area contributed by atoms with Crippen LogP contribution in [0.1, 0.15) is 21.6 Å². The van der Waals surface area contributed by atoms with E-state index in [4.69, 9.17) is 11.6 Å². The van der Waals surface area contributed by atoms with Crippen LogP contribution in [0.4, 0.5) is 4.39 Å². The van der Waals surface area contributed by atoms with Gasteiger partial charge in [0.2, 0.25) is 0 Å². The molecular formula is C13H11BrClFN2O. The first kappa shape index (κ1) is 14.2. The second-order valence-corrected chi connectivity index (χ2v) is 5.33. The highest BCUT2D eigenvalue weighted by Crippen LogP contribution is 2.25. The molecule has 1 aromatic heterocycles. The van der Waals surface area contributed by atoms with Crippen molar-refractivity contribution in [3.05, 3.63) is 50.5 Å². The lowest BCUT2D eigenvalue weighted by Crippen LogP contribution is -2.06. The van der Waals surface area contributed by atoms with Gasteiger partial charge in [0.05, 0.1) is 10.2 Å². The normalized spacial score (nSPS) is 10.8. The van der Waals surface area contributed by atoms with Crippen molar-refractivity contribution in [1.82, 2.24) is 9.78 Å². The van der Waals surface area contributed by atoms with E-state index >= 15 is 0 Å². The third kappa shape index (κ3) is 2.72. The van der Waals surface area contributed by atoms with Gasteiger partial charge in [0, 0.05) is 24.6 Å². The third-order valence-corrected chi connectivity index (χ3v) is 4.14. The summed E-state index contributed by atoms with van der Waals surface area (Å²) in [7, 11) is 1.71. The van der Waals surface area contributed by atoms with E-state index in [0.717, 1.165) is 0 Å². The second-order valence-electron chi connectivity index (χ2n) is 4.18. The SMILES string of the molecule is Cc1nn(C)c(Cl)c1CC(=O)c1cccc(F)c1Br. The van der Waals surface area contributed by atoms with E-state index in [9.17, 15) is 9.18 Å². The third-order valence-electron chi connectivity index (χ3n) is 2.86. The molecule has 19 heavy (non-hydrogen) atoms. The van der Waals surface area contributed by atoms with Crippen LogP contribution >= 0.6 is 27.5 Å². The van der Waals surface area contributed by atoms with Crippen LogP contribution in [0, 0.1) is 12.7 Å². The number of Topliss-reactive ketones (excluding diaryl/α,β-unsaturated/α-hetero) is 1. The van der Waals surface area contributed by atoms with Crippen molar-refractivity contribution in [2.24, 2.45) is 7.05 Å². The zero-order valence-corrected chi connectivity index (χ0v) is 12.7. The molecule has 0 saturated carbocycles. The molecule has 0 bridgehead atoms. The first-order valence-corrected chi connectivity index (χ1v) is 6.74. The topological polar surface area (TPSA) is 34.9 Å². The monoisotopic (exact) mass is 344 g/mol. The van der Waals surface area contributed by atoms with Crippen LogP contribution in [0.25, 0.3) is 0 Å². The van der Waals surface area contributed by atoms with E-state index in [2.05, 4.69) is 21.0 Å². The number of aromatic nitrogens is 2. The first-order chi connectivity index (χ1) is 8.91. The number of nitrogens with zero attached hydrogens (tertiary/aromatic N) is 2. The zero-order chi connectivity index (χ0) is 14.2. The number of rotatable bonds is 3. The van der Waals surface area contributed by atoms with E-state index in [1.165, 1.54) is 16.8 Å². The maximum Gasteiger partial charge on any atom is 0.168 e. The van der Waals surface area contributed by atoms with Crippen LogP contribution in [-0.4, -0.2) is 15.6 Å². The lowest BCUT2D eigenvalue weighted by Gasteiger charge is -2.04. The van der Waals surface area contributed by atoms with E-state index in [0.29, 0.717) is 22.0 Å². The minimum atomic E-state index is -0.458. The number of aryl methyl sites for hydroxylation is 2. The summed E-state index contributed by atoms with van der Waals surface area (Å²) in [6.07, 6.45) is 0.0978. The summed E-state index contributed by atoms with van der Waals surface area (Å²) in [5, 5.41) is 4.57. The summed E-state index contributed by atoms with van der Waals surface area (Å²) in [5.41, 5.74) is 1.68. The van der Waals surface area contributed by atoms with Gasteiger partial charge in [-0.15, -0.1) is 0 Å². The molecule has 0 aliphatic carbocycles. The van der Waals surface area contributed by atoms with Gasteiger partial charge in [-0.1, -0.05) is 23.7 Å². The van der Waals surface area contributed by atoms with Gasteiger partial charge < -0.3 is 0 Å². The molecule has 0 saturated heterocycles. The number of hydrogen-bond acceptors (Lipinski definition) is 2. The molecule has 0 aliphatic rings. The summed E-state index contributed by atoms with van der Waals surface area (Å²) >= 11 is 9.17. The van der Waals surface area contributed by atoms with Gasteiger partial charge in [-0.25, -0.2) is 4.39 Å². The average Bonchev–Trinajstić information content (AvgIpc) is 2.59. The van der Waals surface area contributed by atoms with Crippen molar-refractivity contribution in [2.75, 3.05) is 0 Å². The molecule has 0 unspecified atom stereocenters. The molecule has 0 N–H and O–H groups in total. The smallest absolute Gasteiger partial charge is 0.168 e. The molecule has 6 heteroatoms. The average molecular weight is 346 g/mol. The molecule has 0 spiro atoms. The number of carbonyl (C=O) groups excluding carboxylic acids is 1. The Labute approximate surface area is 123 Å². The van der Waals surface area contributed by atoms with Crippen LogP contribution in [0.5, 0.6) is 0 Å². The Morgan fingerprint density at radius 3 is 2.79 bits per heavy atom. The first-order valence-electron chi connectivity index (χ1n) is 5.57. The maximum atomic E-state index is 13.4. The summed E-state index contributed by atoms with van der Waals surface area (Å²) < 4.78 is 15.1. The van der Waals surface area contributed by atoms with Crippen LogP contribution in [0.3, 0.4) is 0 Å². The molecule has 2 rings (SSSR count). The zero-order valence-electron chi connectivity index (χ0n) is 10.4. The summed E-state index contributed by atoms with van der Waals surface area (Å²) in [6, 6.07) is 4.38. The predicted octanol–water partition coefficient (Wildman–Crippen LogP) is 3.71. The van der Waals surface area contributed by atoms with Crippen LogP contribution < -0.4 is 0 Å². The molecule has 1 heterocycles. The van der Waals surface area contributed by atoms with Crippen LogP contribution in [0.2, 0.25) is 5.15 Å². The second kappa shape index (κ2) is 5.43. The Bertz CT molecular complexity index is 654. The Balaban J connectivity index is 2.34. The summed E-state index contributed by atoms with van der Waals surface area (Å²) in [4.78, 5) is 12.2. The quantitative estimate of drug-likeness (QED) is 0.795. The van der Waals surface area contributed by atoms with Crippen molar-refractivity contribution < 1.29 is 9.18 Å². The molecule has 3 nitrogen and oxygen atoms in total. The Morgan fingerprint density at radius 1 is 1.53 bits per heavy atom. The molecule has 0 amide bonds. The van der Waals surface area contributed by atoms with E-state index in [-0.39, 0.29) is 16.7 Å². The van der Waals surface area contributed by atoms with Crippen molar-refractivity contribution in [2.45, 2.75) is 13.3 Å². The van der Waals surface area contributed by atoms with Gasteiger partial charge in [0.1, 0.15) is 11.0 Å². The fourth-order valence-corrected chi connectivity index (χ4v) is 2.58. The van der Waals surface area contributed by atoms with Gasteiger partial charge in [0.15, 0.2) is 5.78 Å². The minimum Gasteiger partial charge on any atom is -0.294 e. The van der Waals surface area contributed by atoms with Gasteiger partial charge in [-0.05, 0) is 28.9 Å². The van der Waals surface area contributed by atoms with Crippen molar-refractivity contribution in [3.8, 4) is 0 Å². The molecule has 1 aromatic carbocycles. The van der Waals surface area contributed by atoms with E-state index in [1.54, 1.807) is 20.0 Å². The largest absolute Gasteiger partial charge is 0.294 e. The van der Waals surface area contributed by atoms with E-state index in [1.807, 2.05) is 0 Å². The van der Waals surface area contributed by atoms with Crippen molar-refractivity contribution in [3.63, 3.8) is 0 Å². The van der Waals surface area contributed by atoms with Crippen LogP contribution in [-0.2, 0) is 13.5 Å². The molecule has 2 aromatic rings. The number of halogens is 3. The molecular weight excluding hydrogens is 335 g/mol. The lowest BCUT2D eigenvalue weighted by atomic mass is 10.0. The Kier molecular flexibility index (Phi) is 4.06. The molecule has 0 fully saturated rings. The van der Waals surface area contributed by atoms with Crippen LogP contribution in [0.15, 0.2) is 22.7 Å². The molecule has 0 atom stereocenters. The van der Waals surface area contributed by atoms with Gasteiger partial charge in [-0.2, -0.15) is 5.10 Å². The Hall–Kier alpha value is -1.20. The molecule has 100 valence electrons. The molecule has 0 aliphatic heterocycles. The van der Waals surface area contributed by atoms with Crippen molar-refractivity contribution in [1.29, 1.82) is 0 Å². The number of carbonyl (C=O) groups is 1. The van der Waals surface area contributed by atoms with Crippen molar-refractivity contribution >= 4 is 33.3 Å².